The third-order valence-electron chi connectivity index (χ3n) is 5.61. The molecule has 0 radical (unpaired) electrons. The zero-order valence-electron chi connectivity index (χ0n) is 17.2. The van der Waals surface area contributed by atoms with Gasteiger partial charge >= 0.3 is 0 Å². The van der Waals surface area contributed by atoms with E-state index < -0.39 is 0 Å². The molecule has 7 heteroatoms. The van der Waals surface area contributed by atoms with Crippen LogP contribution in [-0.4, -0.2) is 62.4 Å². The maximum absolute atomic E-state index is 5.58. The molecule has 0 amide bonds. The molecular formula is C21H35IN4OS. The van der Waals surface area contributed by atoms with Gasteiger partial charge in [-0.05, 0) is 43.6 Å². The molecule has 0 unspecified atom stereocenters. The van der Waals surface area contributed by atoms with E-state index in [1.807, 2.05) is 7.05 Å². The van der Waals surface area contributed by atoms with Crippen LogP contribution in [0.15, 0.2) is 35.3 Å². The third-order valence-corrected chi connectivity index (χ3v) is 7.07. The molecule has 2 aliphatic heterocycles. The molecule has 2 saturated heterocycles. The number of guanidine groups is 1. The number of anilines is 1. The predicted octanol–water partition coefficient (Wildman–Crippen LogP) is 3.74. The topological polar surface area (TPSA) is 48.9 Å². The lowest BCUT2D eigenvalue weighted by Crippen LogP contribution is -2.52. The van der Waals surface area contributed by atoms with Crippen LogP contribution in [0.4, 0.5) is 5.69 Å². The maximum atomic E-state index is 5.58. The van der Waals surface area contributed by atoms with Crippen molar-refractivity contribution >= 4 is 47.4 Å². The Kier molecular flexibility index (Phi) is 10.2. The number of nitrogens with zero attached hydrogens (tertiary/aromatic N) is 2. The fourth-order valence-electron chi connectivity index (χ4n) is 3.98. The van der Waals surface area contributed by atoms with Crippen molar-refractivity contribution in [3.05, 3.63) is 30.3 Å². The van der Waals surface area contributed by atoms with Crippen LogP contribution in [0.3, 0.4) is 0 Å². The molecule has 1 aromatic carbocycles. The van der Waals surface area contributed by atoms with Crippen molar-refractivity contribution in [3.63, 3.8) is 0 Å². The van der Waals surface area contributed by atoms with Gasteiger partial charge in [0.25, 0.3) is 0 Å². The lowest BCUT2D eigenvalue weighted by Gasteiger charge is -2.38. The summed E-state index contributed by atoms with van der Waals surface area (Å²) in [4.78, 5) is 6.95. The SMILES string of the molecule is CCSC1(CNC(=NC)NC2CCN(c3ccccc3)CC2)CCOCC1.I. The molecule has 0 aromatic heterocycles. The number of halogens is 1. The number of para-hydroxylation sites is 1. The molecule has 0 saturated carbocycles. The van der Waals surface area contributed by atoms with Gasteiger partial charge in [0.1, 0.15) is 0 Å². The minimum absolute atomic E-state index is 0. The van der Waals surface area contributed by atoms with Crippen molar-refractivity contribution < 1.29 is 4.74 Å². The molecule has 0 atom stereocenters. The smallest absolute Gasteiger partial charge is 0.191 e. The summed E-state index contributed by atoms with van der Waals surface area (Å²) in [5.74, 6) is 2.08. The number of benzene rings is 1. The van der Waals surface area contributed by atoms with Gasteiger partial charge in [0.15, 0.2) is 5.96 Å². The lowest BCUT2D eigenvalue weighted by atomic mass is 9.99. The molecule has 3 rings (SSSR count). The van der Waals surface area contributed by atoms with Gasteiger partial charge in [-0.2, -0.15) is 11.8 Å². The summed E-state index contributed by atoms with van der Waals surface area (Å²) in [5.41, 5.74) is 1.33. The monoisotopic (exact) mass is 518 g/mol. The third kappa shape index (κ3) is 6.69. The van der Waals surface area contributed by atoms with Gasteiger partial charge in [0.05, 0.1) is 0 Å². The highest BCUT2D eigenvalue weighted by atomic mass is 127. The first-order valence-electron chi connectivity index (χ1n) is 10.2. The lowest BCUT2D eigenvalue weighted by molar-refractivity contribution is 0.0782. The summed E-state index contributed by atoms with van der Waals surface area (Å²) >= 11 is 2.06. The fraction of sp³-hybridized carbons (Fsp3) is 0.667. The number of aliphatic imine (C=N–C) groups is 1. The average Bonchev–Trinajstić information content (AvgIpc) is 2.73. The highest BCUT2D eigenvalue weighted by molar-refractivity contribution is 14.0. The summed E-state index contributed by atoms with van der Waals surface area (Å²) in [7, 11) is 1.87. The molecule has 0 bridgehead atoms. The van der Waals surface area contributed by atoms with Crippen LogP contribution < -0.4 is 15.5 Å². The zero-order valence-corrected chi connectivity index (χ0v) is 20.3. The van der Waals surface area contributed by atoms with Crippen LogP contribution in [0.2, 0.25) is 0 Å². The molecule has 0 aliphatic carbocycles. The first kappa shape index (κ1) is 23.6. The van der Waals surface area contributed by atoms with Crippen LogP contribution in [0.25, 0.3) is 0 Å². The van der Waals surface area contributed by atoms with Gasteiger partial charge in [-0.15, -0.1) is 24.0 Å². The quantitative estimate of drug-likeness (QED) is 0.342. The van der Waals surface area contributed by atoms with Crippen LogP contribution in [0.5, 0.6) is 0 Å². The van der Waals surface area contributed by atoms with Crippen LogP contribution >= 0.6 is 35.7 Å². The van der Waals surface area contributed by atoms with E-state index in [9.17, 15) is 0 Å². The van der Waals surface area contributed by atoms with E-state index in [0.29, 0.717) is 6.04 Å². The minimum atomic E-state index is 0. The number of rotatable bonds is 6. The standard InChI is InChI=1S/C21H34N4OS.HI/c1-3-27-21(11-15-26-16-12-21)17-23-20(22-2)24-18-9-13-25(14-10-18)19-7-5-4-6-8-19;/h4-8,18H,3,9-17H2,1-2H3,(H2,22,23,24);1H. The Morgan fingerprint density at radius 1 is 1.21 bits per heavy atom. The van der Waals surface area contributed by atoms with E-state index in [0.717, 1.165) is 70.2 Å². The Bertz CT molecular complexity index is 582. The van der Waals surface area contributed by atoms with Crippen molar-refractivity contribution in [1.29, 1.82) is 0 Å². The van der Waals surface area contributed by atoms with Crippen molar-refractivity contribution in [2.45, 2.75) is 43.4 Å². The van der Waals surface area contributed by atoms with E-state index >= 15 is 0 Å². The number of thioether (sulfide) groups is 1. The summed E-state index contributed by atoms with van der Waals surface area (Å²) in [6, 6.07) is 11.2. The van der Waals surface area contributed by atoms with E-state index in [-0.39, 0.29) is 28.7 Å². The largest absolute Gasteiger partial charge is 0.381 e. The number of hydrogen-bond donors (Lipinski definition) is 2. The Morgan fingerprint density at radius 2 is 1.89 bits per heavy atom. The first-order valence-corrected chi connectivity index (χ1v) is 11.2. The maximum Gasteiger partial charge on any atom is 0.191 e. The fourth-order valence-corrected chi connectivity index (χ4v) is 5.22. The van der Waals surface area contributed by atoms with Gasteiger partial charge in [-0.1, -0.05) is 25.1 Å². The summed E-state index contributed by atoms with van der Waals surface area (Å²) in [5, 5.41) is 7.25. The number of piperidine rings is 1. The Hall–Kier alpha value is -0.670. The van der Waals surface area contributed by atoms with Gasteiger partial charge in [0, 0.05) is 56.4 Å². The van der Waals surface area contributed by atoms with Gasteiger partial charge < -0.3 is 20.3 Å². The van der Waals surface area contributed by atoms with Gasteiger partial charge in [-0.25, -0.2) is 0 Å². The predicted molar refractivity (Wildman–Crippen MR) is 133 cm³/mol. The molecule has 0 spiro atoms. The molecule has 28 heavy (non-hydrogen) atoms. The van der Waals surface area contributed by atoms with Crippen LogP contribution in [0.1, 0.15) is 32.6 Å². The summed E-state index contributed by atoms with van der Waals surface area (Å²) in [6.07, 6.45) is 4.51. The number of nitrogens with one attached hydrogen (secondary N) is 2. The second-order valence-electron chi connectivity index (χ2n) is 7.40. The van der Waals surface area contributed by atoms with E-state index in [4.69, 9.17) is 4.74 Å². The first-order chi connectivity index (χ1) is 13.2. The molecule has 2 heterocycles. The highest BCUT2D eigenvalue weighted by Gasteiger charge is 2.33. The average molecular weight is 519 g/mol. The van der Waals surface area contributed by atoms with Crippen molar-refractivity contribution in [3.8, 4) is 0 Å². The van der Waals surface area contributed by atoms with Crippen LogP contribution in [-0.2, 0) is 4.74 Å². The second-order valence-corrected chi connectivity index (χ2v) is 9.13. The molecule has 2 N–H and O–H groups in total. The molecule has 2 aliphatic rings. The second kappa shape index (κ2) is 12.1. The van der Waals surface area contributed by atoms with Crippen molar-refractivity contribution in [1.82, 2.24) is 10.6 Å². The summed E-state index contributed by atoms with van der Waals surface area (Å²) in [6.45, 7) is 7.13. The summed E-state index contributed by atoms with van der Waals surface area (Å²) < 4.78 is 5.86. The highest BCUT2D eigenvalue weighted by Crippen LogP contribution is 2.34. The molecule has 1 aromatic rings. The van der Waals surface area contributed by atoms with E-state index in [1.165, 1.54) is 5.69 Å². The number of ether oxygens (including phenoxy) is 1. The Balaban J connectivity index is 0.00000280. The molecule has 5 nitrogen and oxygen atoms in total. The number of hydrogen-bond acceptors (Lipinski definition) is 4. The van der Waals surface area contributed by atoms with E-state index in [2.05, 4.69) is 69.5 Å². The van der Waals surface area contributed by atoms with Crippen molar-refractivity contribution in [2.24, 2.45) is 4.99 Å². The van der Waals surface area contributed by atoms with Gasteiger partial charge in [-0.3, -0.25) is 4.99 Å². The molecular weight excluding hydrogens is 483 g/mol. The minimum Gasteiger partial charge on any atom is -0.381 e. The molecule has 158 valence electrons. The Labute approximate surface area is 191 Å². The van der Waals surface area contributed by atoms with E-state index in [1.54, 1.807) is 0 Å². The molecule has 2 fully saturated rings. The normalized spacial score (nSPS) is 20.4. The Morgan fingerprint density at radius 3 is 2.50 bits per heavy atom. The van der Waals surface area contributed by atoms with Gasteiger partial charge in [0.2, 0.25) is 0 Å². The van der Waals surface area contributed by atoms with Crippen molar-refractivity contribution in [2.75, 3.05) is 50.5 Å². The zero-order chi connectivity index (χ0) is 19.0. The van der Waals surface area contributed by atoms with Crippen LogP contribution in [0, 0.1) is 0 Å².